The van der Waals surface area contributed by atoms with Crippen molar-refractivity contribution in [3.63, 3.8) is 0 Å². The number of fused-ring (bicyclic) bond motifs is 1. The number of rotatable bonds is 5. The maximum absolute atomic E-state index is 12.4. The van der Waals surface area contributed by atoms with Crippen LogP contribution < -0.4 is 5.56 Å². The number of halogens is 1. The van der Waals surface area contributed by atoms with Gasteiger partial charge >= 0.3 is 0 Å². The standard InChI is InChI=1S/C15H13BrN2O2S2/c1-20-6-7-21-15-17-13(19)12-11(8-22-14(12)18-15)9-2-4-10(16)5-3-9/h2-5,8H,6-7H2,1H3,(H,17,18,19). The Balaban J connectivity index is 2.01. The third kappa shape index (κ3) is 3.27. The monoisotopic (exact) mass is 396 g/mol. The van der Waals surface area contributed by atoms with Crippen LogP contribution in [0.4, 0.5) is 0 Å². The Hall–Kier alpha value is -1.15. The molecule has 0 bridgehead atoms. The molecule has 22 heavy (non-hydrogen) atoms. The van der Waals surface area contributed by atoms with Crippen molar-refractivity contribution in [2.24, 2.45) is 0 Å². The molecule has 2 heterocycles. The van der Waals surface area contributed by atoms with Crippen LogP contribution in [-0.4, -0.2) is 29.4 Å². The lowest BCUT2D eigenvalue weighted by molar-refractivity contribution is 0.218. The molecule has 0 radical (unpaired) electrons. The van der Waals surface area contributed by atoms with E-state index in [1.54, 1.807) is 7.11 Å². The summed E-state index contributed by atoms with van der Waals surface area (Å²) in [5, 5.41) is 3.28. The van der Waals surface area contributed by atoms with Crippen molar-refractivity contribution < 1.29 is 4.74 Å². The fraction of sp³-hybridized carbons (Fsp3) is 0.200. The van der Waals surface area contributed by atoms with Crippen LogP contribution in [0.25, 0.3) is 21.3 Å². The minimum Gasteiger partial charge on any atom is -0.384 e. The molecule has 0 amide bonds. The Kier molecular flexibility index (Phi) is 4.97. The van der Waals surface area contributed by atoms with Crippen LogP contribution in [0, 0.1) is 0 Å². The second-order valence-electron chi connectivity index (χ2n) is 4.55. The summed E-state index contributed by atoms with van der Waals surface area (Å²) < 4.78 is 6.02. The predicted octanol–water partition coefficient (Wildman–Crippen LogP) is 4.15. The van der Waals surface area contributed by atoms with Gasteiger partial charge in [-0.3, -0.25) is 4.79 Å². The molecule has 0 saturated carbocycles. The number of H-pyrrole nitrogens is 1. The quantitative estimate of drug-likeness (QED) is 0.399. The SMILES string of the molecule is COCCSc1nc2scc(-c3ccc(Br)cc3)c2c(=O)[nH]1. The molecule has 0 atom stereocenters. The van der Waals surface area contributed by atoms with Crippen molar-refractivity contribution in [2.45, 2.75) is 5.16 Å². The van der Waals surface area contributed by atoms with E-state index in [1.165, 1.54) is 23.1 Å². The zero-order chi connectivity index (χ0) is 15.5. The van der Waals surface area contributed by atoms with Gasteiger partial charge in [0.05, 0.1) is 12.0 Å². The molecule has 0 spiro atoms. The lowest BCUT2D eigenvalue weighted by Crippen LogP contribution is -2.09. The highest BCUT2D eigenvalue weighted by Crippen LogP contribution is 2.32. The Morgan fingerprint density at radius 1 is 1.36 bits per heavy atom. The van der Waals surface area contributed by atoms with Crippen LogP contribution in [0.5, 0.6) is 0 Å². The highest BCUT2D eigenvalue weighted by atomic mass is 79.9. The number of benzene rings is 1. The highest BCUT2D eigenvalue weighted by Gasteiger charge is 2.13. The van der Waals surface area contributed by atoms with E-state index >= 15 is 0 Å². The van der Waals surface area contributed by atoms with Gasteiger partial charge < -0.3 is 9.72 Å². The number of hydrogen-bond acceptors (Lipinski definition) is 5. The second-order valence-corrected chi connectivity index (χ2v) is 7.41. The summed E-state index contributed by atoms with van der Waals surface area (Å²) in [5.41, 5.74) is 1.85. The van der Waals surface area contributed by atoms with Crippen molar-refractivity contribution >= 4 is 49.2 Å². The molecular formula is C15H13BrN2O2S2. The van der Waals surface area contributed by atoms with Gasteiger partial charge in [-0.1, -0.05) is 39.8 Å². The van der Waals surface area contributed by atoms with Gasteiger partial charge in [-0.05, 0) is 17.7 Å². The van der Waals surface area contributed by atoms with E-state index in [2.05, 4.69) is 25.9 Å². The normalized spacial score (nSPS) is 11.2. The number of aromatic nitrogens is 2. The van der Waals surface area contributed by atoms with Crippen molar-refractivity contribution in [1.29, 1.82) is 0 Å². The number of methoxy groups -OCH3 is 1. The molecule has 2 aromatic heterocycles. The van der Waals surface area contributed by atoms with E-state index in [4.69, 9.17) is 4.74 Å². The number of nitrogens with one attached hydrogen (secondary N) is 1. The fourth-order valence-electron chi connectivity index (χ4n) is 2.06. The molecule has 3 rings (SSSR count). The Morgan fingerprint density at radius 3 is 2.86 bits per heavy atom. The molecule has 1 aromatic carbocycles. The number of ether oxygens (including phenoxy) is 1. The van der Waals surface area contributed by atoms with Crippen LogP contribution >= 0.6 is 39.0 Å². The first-order valence-electron chi connectivity index (χ1n) is 6.58. The molecule has 0 aliphatic carbocycles. The Labute approximate surface area is 144 Å². The molecule has 0 saturated heterocycles. The lowest BCUT2D eigenvalue weighted by Gasteiger charge is -2.02. The number of thiophene rings is 1. The van der Waals surface area contributed by atoms with Crippen LogP contribution in [-0.2, 0) is 4.74 Å². The first kappa shape index (κ1) is 15.7. The topological polar surface area (TPSA) is 55.0 Å². The summed E-state index contributed by atoms with van der Waals surface area (Å²) in [6.07, 6.45) is 0. The van der Waals surface area contributed by atoms with E-state index in [0.717, 1.165) is 26.2 Å². The molecule has 4 nitrogen and oxygen atoms in total. The van der Waals surface area contributed by atoms with Crippen molar-refractivity contribution in [3.8, 4) is 11.1 Å². The first-order chi connectivity index (χ1) is 10.7. The van der Waals surface area contributed by atoms with Gasteiger partial charge in [-0.2, -0.15) is 0 Å². The maximum Gasteiger partial charge on any atom is 0.260 e. The molecule has 114 valence electrons. The van der Waals surface area contributed by atoms with E-state index in [9.17, 15) is 4.79 Å². The summed E-state index contributed by atoms with van der Waals surface area (Å²) in [6, 6.07) is 7.92. The fourth-order valence-corrected chi connectivity index (χ4v) is 4.10. The predicted molar refractivity (Wildman–Crippen MR) is 96.0 cm³/mol. The minimum absolute atomic E-state index is 0.0934. The molecule has 1 N–H and O–H groups in total. The Morgan fingerprint density at radius 2 is 2.14 bits per heavy atom. The summed E-state index contributed by atoms with van der Waals surface area (Å²) in [5.74, 6) is 0.760. The smallest absolute Gasteiger partial charge is 0.260 e. The molecule has 0 aliphatic heterocycles. The van der Waals surface area contributed by atoms with Crippen LogP contribution in [0.1, 0.15) is 0 Å². The van der Waals surface area contributed by atoms with Gasteiger partial charge in [0.1, 0.15) is 4.83 Å². The van der Waals surface area contributed by atoms with Gasteiger partial charge in [0.2, 0.25) is 0 Å². The van der Waals surface area contributed by atoms with Gasteiger partial charge in [-0.25, -0.2) is 4.98 Å². The lowest BCUT2D eigenvalue weighted by atomic mass is 10.1. The van der Waals surface area contributed by atoms with Crippen molar-refractivity contribution in [3.05, 3.63) is 44.5 Å². The number of hydrogen-bond donors (Lipinski definition) is 1. The minimum atomic E-state index is -0.0934. The average molecular weight is 397 g/mol. The van der Waals surface area contributed by atoms with Crippen molar-refractivity contribution in [1.82, 2.24) is 9.97 Å². The molecule has 3 aromatic rings. The molecule has 0 fully saturated rings. The van der Waals surface area contributed by atoms with Gasteiger partial charge in [-0.15, -0.1) is 11.3 Å². The van der Waals surface area contributed by atoms with Crippen LogP contribution in [0.15, 0.2) is 44.1 Å². The third-order valence-corrected chi connectivity index (χ3v) is 5.34. The maximum atomic E-state index is 12.4. The highest BCUT2D eigenvalue weighted by molar-refractivity contribution is 9.10. The van der Waals surface area contributed by atoms with E-state index < -0.39 is 0 Å². The van der Waals surface area contributed by atoms with Gasteiger partial charge in [0.15, 0.2) is 5.16 Å². The average Bonchev–Trinajstić information content (AvgIpc) is 2.93. The summed E-state index contributed by atoms with van der Waals surface area (Å²) in [4.78, 5) is 20.6. The van der Waals surface area contributed by atoms with Gasteiger partial charge in [0.25, 0.3) is 5.56 Å². The number of aromatic amines is 1. The van der Waals surface area contributed by atoms with Crippen molar-refractivity contribution in [2.75, 3.05) is 19.5 Å². The molecular weight excluding hydrogens is 384 g/mol. The summed E-state index contributed by atoms with van der Waals surface area (Å²) in [7, 11) is 1.66. The summed E-state index contributed by atoms with van der Waals surface area (Å²) in [6.45, 7) is 0.626. The van der Waals surface area contributed by atoms with E-state index in [-0.39, 0.29) is 5.56 Å². The molecule has 7 heteroatoms. The number of thioether (sulfide) groups is 1. The van der Waals surface area contributed by atoms with E-state index in [0.29, 0.717) is 17.1 Å². The zero-order valence-electron chi connectivity index (χ0n) is 11.8. The Bertz CT molecular complexity index is 843. The largest absolute Gasteiger partial charge is 0.384 e. The van der Waals surface area contributed by atoms with Crippen LogP contribution in [0.3, 0.4) is 0 Å². The zero-order valence-corrected chi connectivity index (χ0v) is 15.0. The second kappa shape index (κ2) is 6.95. The third-order valence-electron chi connectivity index (χ3n) is 3.10. The van der Waals surface area contributed by atoms with Crippen LogP contribution in [0.2, 0.25) is 0 Å². The molecule has 0 aliphatic rings. The van der Waals surface area contributed by atoms with E-state index in [1.807, 2.05) is 29.6 Å². The molecule has 0 unspecified atom stereocenters. The summed E-state index contributed by atoms with van der Waals surface area (Å²) >= 11 is 6.40. The number of nitrogens with zero attached hydrogens (tertiary/aromatic N) is 1. The first-order valence-corrected chi connectivity index (χ1v) is 9.24. The van der Waals surface area contributed by atoms with Gasteiger partial charge in [0, 0.05) is 28.3 Å².